The molecule has 4 rings (SSSR count). The number of amides is 2. The molecule has 2 aliphatic heterocycles. The average Bonchev–Trinajstić information content (AvgIpc) is 3.17. The lowest BCUT2D eigenvalue weighted by molar-refractivity contribution is -0.126. The van der Waals surface area contributed by atoms with Crippen molar-refractivity contribution in [1.29, 1.82) is 0 Å². The Morgan fingerprint density at radius 2 is 1.69 bits per heavy atom. The summed E-state index contributed by atoms with van der Waals surface area (Å²) in [4.78, 5) is 27.9. The Hall–Kier alpha value is -2.67. The fourth-order valence-corrected chi connectivity index (χ4v) is 4.32. The fraction of sp³-hybridized carbons (Fsp3) is 0.500. The molecule has 0 aliphatic carbocycles. The smallest absolute Gasteiger partial charge is 0.253 e. The second kappa shape index (κ2) is 8.78. The summed E-state index contributed by atoms with van der Waals surface area (Å²) in [6.45, 7) is 3.21. The summed E-state index contributed by atoms with van der Waals surface area (Å²) in [5.41, 5.74) is 0.691. The number of hydrogen-bond donors (Lipinski definition) is 2. The minimum absolute atomic E-state index is 0.0608. The van der Waals surface area contributed by atoms with E-state index < -0.39 is 5.54 Å². The maximum absolute atomic E-state index is 13.2. The third-order valence-electron chi connectivity index (χ3n) is 6.08. The van der Waals surface area contributed by atoms with Gasteiger partial charge in [-0.2, -0.15) is 5.10 Å². The Balaban J connectivity index is 1.46. The van der Waals surface area contributed by atoms with Gasteiger partial charge in [-0.3, -0.25) is 14.3 Å². The molecular formula is C22H29N5O2. The first-order chi connectivity index (χ1) is 14.2. The van der Waals surface area contributed by atoms with E-state index in [1.165, 1.54) is 12.8 Å². The maximum Gasteiger partial charge on any atom is 0.253 e. The van der Waals surface area contributed by atoms with Gasteiger partial charge in [0.25, 0.3) is 11.8 Å². The van der Waals surface area contributed by atoms with Gasteiger partial charge in [-0.1, -0.05) is 12.8 Å². The van der Waals surface area contributed by atoms with Crippen LogP contribution < -0.4 is 10.6 Å². The SMILES string of the molecule is O=C(c1ccc(NC(=O)C2(n3cccn3)CCNCC2)cc1)N1CCCCCC1. The molecule has 3 heterocycles. The van der Waals surface area contributed by atoms with Crippen molar-refractivity contribution in [2.75, 3.05) is 31.5 Å². The average molecular weight is 396 g/mol. The molecule has 0 bridgehead atoms. The molecule has 2 saturated heterocycles. The van der Waals surface area contributed by atoms with E-state index in [1.807, 2.05) is 41.4 Å². The van der Waals surface area contributed by atoms with Crippen LogP contribution in [-0.2, 0) is 10.3 Å². The standard InChI is InChI=1S/C22H29N5O2/c28-20(26-15-3-1-2-4-16-26)18-6-8-19(9-7-18)25-21(29)22(10-13-23-14-11-22)27-17-5-12-24-27/h5-9,12,17,23H,1-4,10-11,13-16H2,(H,25,29). The molecule has 2 fully saturated rings. The molecule has 0 unspecified atom stereocenters. The van der Waals surface area contributed by atoms with Gasteiger partial charge in [0.05, 0.1) is 0 Å². The Bertz CT molecular complexity index is 817. The molecule has 7 nitrogen and oxygen atoms in total. The quantitative estimate of drug-likeness (QED) is 0.834. The van der Waals surface area contributed by atoms with E-state index in [-0.39, 0.29) is 11.8 Å². The molecule has 154 valence electrons. The number of piperidine rings is 1. The van der Waals surface area contributed by atoms with E-state index in [0.29, 0.717) is 24.1 Å². The Morgan fingerprint density at radius 1 is 1.00 bits per heavy atom. The minimum Gasteiger partial charge on any atom is -0.339 e. The molecule has 1 aromatic carbocycles. The van der Waals surface area contributed by atoms with Gasteiger partial charge in [0, 0.05) is 36.7 Å². The number of nitrogens with one attached hydrogen (secondary N) is 2. The molecule has 2 N–H and O–H groups in total. The summed E-state index contributed by atoms with van der Waals surface area (Å²) in [7, 11) is 0. The molecule has 0 radical (unpaired) electrons. The van der Waals surface area contributed by atoms with Crippen molar-refractivity contribution in [2.45, 2.75) is 44.1 Å². The summed E-state index contributed by atoms with van der Waals surface area (Å²) in [6.07, 6.45) is 9.48. The highest BCUT2D eigenvalue weighted by Gasteiger charge is 2.42. The van der Waals surface area contributed by atoms with Crippen molar-refractivity contribution in [3.8, 4) is 0 Å². The lowest BCUT2D eigenvalue weighted by Gasteiger charge is -2.36. The van der Waals surface area contributed by atoms with Crippen molar-refractivity contribution >= 4 is 17.5 Å². The van der Waals surface area contributed by atoms with Crippen molar-refractivity contribution in [2.24, 2.45) is 0 Å². The normalized spacial score (nSPS) is 19.4. The van der Waals surface area contributed by atoms with Crippen LogP contribution in [0.5, 0.6) is 0 Å². The lowest BCUT2D eigenvalue weighted by atomic mass is 9.87. The summed E-state index contributed by atoms with van der Waals surface area (Å²) in [5, 5.41) is 10.7. The third-order valence-corrected chi connectivity index (χ3v) is 6.08. The first kappa shape index (κ1) is 19.6. The van der Waals surface area contributed by atoms with E-state index in [1.54, 1.807) is 10.9 Å². The summed E-state index contributed by atoms with van der Waals surface area (Å²) in [6, 6.07) is 9.11. The molecule has 1 aromatic heterocycles. The Labute approximate surface area is 171 Å². The predicted molar refractivity (Wildman–Crippen MR) is 112 cm³/mol. The van der Waals surface area contributed by atoms with Gasteiger partial charge in [-0.25, -0.2) is 0 Å². The molecule has 0 atom stereocenters. The molecule has 0 saturated carbocycles. The molecule has 2 aliphatic rings. The number of nitrogens with zero attached hydrogens (tertiary/aromatic N) is 3. The largest absolute Gasteiger partial charge is 0.339 e. The number of hydrogen-bond acceptors (Lipinski definition) is 4. The highest BCUT2D eigenvalue weighted by atomic mass is 16.2. The first-order valence-corrected chi connectivity index (χ1v) is 10.6. The van der Waals surface area contributed by atoms with Gasteiger partial charge in [-0.05, 0) is 69.1 Å². The summed E-state index contributed by atoms with van der Waals surface area (Å²) < 4.78 is 1.78. The van der Waals surface area contributed by atoms with Gasteiger partial charge in [0.15, 0.2) is 0 Å². The van der Waals surface area contributed by atoms with Gasteiger partial charge in [0.1, 0.15) is 5.54 Å². The molecule has 0 spiro atoms. The first-order valence-electron chi connectivity index (χ1n) is 10.6. The molecular weight excluding hydrogens is 366 g/mol. The van der Waals surface area contributed by atoms with Crippen LogP contribution in [0.25, 0.3) is 0 Å². The van der Waals surface area contributed by atoms with E-state index in [2.05, 4.69) is 15.7 Å². The van der Waals surface area contributed by atoms with Crippen LogP contribution in [0.1, 0.15) is 48.9 Å². The van der Waals surface area contributed by atoms with Crippen molar-refractivity contribution < 1.29 is 9.59 Å². The van der Waals surface area contributed by atoms with Crippen LogP contribution in [-0.4, -0.2) is 52.7 Å². The van der Waals surface area contributed by atoms with Crippen molar-refractivity contribution in [1.82, 2.24) is 20.0 Å². The number of benzene rings is 1. The number of carbonyl (C=O) groups is 2. The zero-order valence-corrected chi connectivity index (χ0v) is 16.8. The second-order valence-electron chi connectivity index (χ2n) is 7.97. The zero-order chi connectivity index (χ0) is 20.1. The van der Waals surface area contributed by atoms with E-state index in [9.17, 15) is 9.59 Å². The minimum atomic E-state index is -0.685. The number of rotatable bonds is 4. The highest BCUT2D eigenvalue weighted by Crippen LogP contribution is 2.29. The molecule has 2 aromatic rings. The topological polar surface area (TPSA) is 79.3 Å². The maximum atomic E-state index is 13.2. The van der Waals surface area contributed by atoms with Crippen LogP contribution >= 0.6 is 0 Å². The summed E-state index contributed by atoms with van der Waals surface area (Å²) in [5.74, 6) is 0.0189. The van der Waals surface area contributed by atoms with Gasteiger partial charge in [-0.15, -0.1) is 0 Å². The monoisotopic (exact) mass is 395 g/mol. The van der Waals surface area contributed by atoms with Crippen LogP contribution in [0.15, 0.2) is 42.7 Å². The third kappa shape index (κ3) is 4.19. The van der Waals surface area contributed by atoms with E-state index >= 15 is 0 Å². The molecule has 2 amide bonds. The molecule has 29 heavy (non-hydrogen) atoms. The summed E-state index contributed by atoms with van der Waals surface area (Å²) >= 11 is 0. The van der Waals surface area contributed by atoms with Crippen LogP contribution in [0, 0.1) is 0 Å². The van der Waals surface area contributed by atoms with E-state index in [0.717, 1.165) is 39.0 Å². The van der Waals surface area contributed by atoms with Crippen LogP contribution in [0.3, 0.4) is 0 Å². The number of carbonyl (C=O) groups excluding carboxylic acids is 2. The Morgan fingerprint density at radius 3 is 2.31 bits per heavy atom. The van der Waals surface area contributed by atoms with Gasteiger partial charge < -0.3 is 15.5 Å². The Kier molecular flexibility index (Phi) is 5.94. The van der Waals surface area contributed by atoms with E-state index in [4.69, 9.17) is 0 Å². The fourth-order valence-electron chi connectivity index (χ4n) is 4.32. The van der Waals surface area contributed by atoms with Crippen molar-refractivity contribution in [3.63, 3.8) is 0 Å². The highest BCUT2D eigenvalue weighted by molar-refractivity contribution is 5.98. The molecule has 7 heteroatoms. The van der Waals surface area contributed by atoms with Crippen LogP contribution in [0.2, 0.25) is 0 Å². The number of anilines is 1. The van der Waals surface area contributed by atoms with Crippen molar-refractivity contribution in [3.05, 3.63) is 48.3 Å². The number of aromatic nitrogens is 2. The van der Waals surface area contributed by atoms with Gasteiger partial charge >= 0.3 is 0 Å². The zero-order valence-electron chi connectivity index (χ0n) is 16.8. The number of likely N-dealkylation sites (tertiary alicyclic amines) is 1. The predicted octanol–water partition coefficient (Wildman–Crippen LogP) is 2.62. The van der Waals surface area contributed by atoms with Gasteiger partial charge in [0.2, 0.25) is 0 Å². The lowest BCUT2D eigenvalue weighted by Crippen LogP contribution is -2.52. The van der Waals surface area contributed by atoms with Crippen LogP contribution in [0.4, 0.5) is 5.69 Å². The second-order valence-corrected chi connectivity index (χ2v) is 7.97.